The van der Waals surface area contributed by atoms with Crippen LogP contribution in [0.15, 0.2) is 10.5 Å². The fourth-order valence-electron chi connectivity index (χ4n) is 2.42. The van der Waals surface area contributed by atoms with E-state index < -0.39 is 0 Å². The monoisotopic (exact) mass is 332 g/mol. The third-order valence-corrected chi connectivity index (χ3v) is 3.89. The molecule has 0 aromatic heterocycles. The minimum atomic E-state index is 0.358. The summed E-state index contributed by atoms with van der Waals surface area (Å²) in [6.07, 6.45) is 2.08. The first-order valence-corrected chi connectivity index (χ1v) is 7.80. The van der Waals surface area contributed by atoms with Gasteiger partial charge in [-0.05, 0) is 47.4 Å². The average molecular weight is 333 g/mol. The van der Waals surface area contributed by atoms with E-state index in [2.05, 4.69) is 55.8 Å². The molecule has 0 aliphatic rings. The van der Waals surface area contributed by atoms with Gasteiger partial charge in [-0.25, -0.2) is 0 Å². The Hall–Kier alpha value is -1.32. The molecule has 0 amide bonds. The number of hydrogen-bond acceptors (Lipinski definition) is 2. The standard InChI is InChI=1S/C17H21BrN2/c1-11(2)7-14-13(5-6-19)9-17(18)15(8-12(3)4)16(14)10-20/h9,11-12H,5,7-8H2,1-4H3. The molecule has 0 unspecified atom stereocenters. The minimum absolute atomic E-state index is 0.358. The first kappa shape index (κ1) is 16.7. The van der Waals surface area contributed by atoms with E-state index in [9.17, 15) is 5.26 Å². The summed E-state index contributed by atoms with van der Waals surface area (Å²) < 4.78 is 0.959. The van der Waals surface area contributed by atoms with E-state index in [-0.39, 0.29) is 0 Å². The van der Waals surface area contributed by atoms with Crippen LogP contribution in [-0.4, -0.2) is 0 Å². The molecule has 0 fully saturated rings. The Kier molecular flexibility index (Phi) is 6.24. The van der Waals surface area contributed by atoms with Crippen LogP contribution in [0.4, 0.5) is 0 Å². The van der Waals surface area contributed by atoms with Gasteiger partial charge in [-0.1, -0.05) is 43.6 Å². The Morgan fingerprint density at radius 3 is 2.05 bits per heavy atom. The van der Waals surface area contributed by atoms with Gasteiger partial charge in [0.25, 0.3) is 0 Å². The van der Waals surface area contributed by atoms with Crippen molar-refractivity contribution in [3.63, 3.8) is 0 Å². The molecule has 2 nitrogen and oxygen atoms in total. The molecule has 0 saturated heterocycles. The highest BCUT2D eigenvalue weighted by Crippen LogP contribution is 2.31. The summed E-state index contributed by atoms with van der Waals surface area (Å²) in [7, 11) is 0. The van der Waals surface area contributed by atoms with E-state index in [1.165, 1.54) is 0 Å². The Labute approximate surface area is 130 Å². The van der Waals surface area contributed by atoms with Gasteiger partial charge < -0.3 is 0 Å². The summed E-state index contributed by atoms with van der Waals surface area (Å²) in [5, 5.41) is 18.6. The van der Waals surface area contributed by atoms with Gasteiger partial charge >= 0.3 is 0 Å². The van der Waals surface area contributed by atoms with Crippen LogP contribution >= 0.6 is 15.9 Å². The second-order valence-electron chi connectivity index (χ2n) is 5.99. The zero-order valence-electron chi connectivity index (χ0n) is 12.6. The van der Waals surface area contributed by atoms with Gasteiger partial charge in [0.15, 0.2) is 0 Å². The Balaban J connectivity index is 3.49. The van der Waals surface area contributed by atoms with Crippen LogP contribution in [0, 0.1) is 34.5 Å². The number of benzene rings is 1. The number of nitriles is 2. The fraction of sp³-hybridized carbons (Fsp3) is 0.529. The fourth-order valence-corrected chi connectivity index (χ4v) is 3.05. The number of halogens is 1. The maximum absolute atomic E-state index is 9.59. The van der Waals surface area contributed by atoms with Gasteiger partial charge in [0.1, 0.15) is 0 Å². The van der Waals surface area contributed by atoms with Crippen molar-refractivity contribution in [2.24, 2.45) is 11.8 Å². The highest BCUT2D eigenvalue weighted by Gasteiger charge is 2.18. The van der Waals surface area contributed by atoms with E-state index in [1.807, 2.05) is 6.07 Å². The van der Waals surface area contributed by atoms with Crippen molar-refractivity contribution in [3.05, 3.63) is 32.8 Å². The number of nitrogens with zero attached hydrogens (tertiary/aromatic N) is 2. The van der Waals surface area contributed by atoms with Crippen LogP contribution in [0.2, 0.25) is 0 Å². The van der Waals surface area contributed by atoms with Gasteiger partial charge in [0, 0.05) is 4.47 Å². The van der Waals surface area contributed by atoms with Crippen LogP contribution in [0.5, 0.6) is 0 Å². The molecule has 0 aliphatic carbocycles. The van der Waals surface area contributed by atoms with Gasteiger partial charge in [0.05, 0.1) is 24.1 Å². The molecule has 0 radical (unpaired) electrons. The summed E-state index contributed by atoms with van der Waals surface area (Å²) in [6.45, 7) is 8.58. The predicted octanol–water partition coefficient (Wildman–Crippen LogP) is 4.78. The van der Waals surface area contributed by atoms with Gasteiger partial charge in [-0.3, -0.25) is 0 Å². The van der Waals surface area contributed by atoms with E-state index in [1.54, 1.807) is 0 Å². The normalized spacial score (nSPS) is 10.7. The van der Waals surface area contributed by atoms with Crippen molar-refractivity contribution in [1.29, 1.82) is 10.5 Å². The topological polar surface area (TPSA) is 47.6 Å². The van der Waals surface area contributed by atoms with Crippen LogP contribution < -0.4 is 0 Å². The van der Waals surface area contributed by atoms with Crippen LogP contribution in [0.25, 0.3) is 0 Å². The van der Waals surface area contributed by atoms with Crippen molar-refractivity contribution in [2.45, 2.75) is 47.0 Å². The molecular formula is C17H21BrN2. The molecule has 0 atom stereocenters. The maximum Gasteiger partial charge on any atom is 0.0997 e. The minimum Gasteiger partial charge on any atom is -0.198 e. The molecule has 0 spiro atoms. The predicted molar refractivity (Wildman–Crippen MR) is 85.3 cm³/mol. The lowest BCUT2D eigenvalue weighted by Gasteiger charge is -2.18. The lowest BCUT2D eigenvalue weighted by molar-refractivity contribution is 0.630. The van der Waals surface area contributed by atoms with Crippen molar-refractivity contribution in [2.75, 3.05) is 0 Å². The molecule has 20 heavy (non-hydrogen) atoms. The summed E-state index contributed by atoms with van der Waals surface area (Å²) in [4.78, 5) is 0. The molecule has 0 aliphatic heterocycles. The van der Waals surface area contributed by atoms with Crippen molar-refractivity contribution in [3.8, 4) is 12.1 Å². The van der Waals surface area contributed by atoms with Crippen molar-refractivity contribution in [1.82, 2.24) is 0 Å². The first-order valence-electron chi connectivity index (χ1n) is 7.00. The van der Waals surface area contributed by atoms with E-state index in [4.69, 9.17) is 5.26 Å². The molecule has 1 aromatic carbocycles. The van der Waals surface area contributed by atoms with Crippen LogP contribution in [-0.2, 0) is 19.3 Å². The Morgan fingerprint density at radius 1 is 1.05 bits per heavy atom. The zero-order valence-corrected chi connectivity index (χ0v) is 14.2. The molecule has 3 heteroatoms. The smallest absolute Gasteiger partial charge is 0.0997 e. The van der Waals surface area contributed by atoms with Crippen LogP contribution in [0.3, 0.4) is 0 Å². The number of rotatable bonds is 5. The average Bonchev–Trinajstić information content (AvgIpc) is 2.34. The zero-order chi connectivity index (χ0) is 15.3. The third kappa shape index (κ3) is 4.09. The second-order valence-corrected chi connectivity index (χ2v) is 6.85. The summed E-state index contributed by atoms with van der Waals surface area (Å²) in [5.74, 6) is 0.958. The SMILES string of the molecule is CC(C)Cc1c(Br)cc(CC#N)c(CC(C)C)c1C#N. The molecule has 1 aromatic rings. The molecular weight excluding hydrogens is 312 g/mol. The van der Waals surface area contributed by atoms with E-state index in [0.29, 0.717) is 18.3 Å². The Bertz CT molecular complexity index is 560. The largest absolute Gasteiger partial charge is 0.198 e. The quantitative estimate of drug-likeness (QED) is 0.778. The summed E-state index contributed by atoms with van der Waals surface area (Å²) in [6, 6.07) is 6.61. The van der Waals surface area contributed by atoms with E-state index >= 15 is 0 Å². The molecule has 106 valence electrons. The molecule has 0 heterocycles. The van der Waals surface area contributed by atoms with E-state index in [0.717, 1.165) is 39.6 Å². The van der Waals surface area contributed by atoms with Crippen molar-refractivity contribution >= 4 is 15.9 Å². The highest BCUT2D eigenvalue weighted by atomic mass is 79.9. The maximum atomic E-state index is 9.59. The van der Waals surface area contributed by atoms with Gasteiger partial charge in [0.2, 0.25) is 0 Å². The summed E-state index contributed by atoms with van der Waals surface area (Å²) in [5.41, 5.74) is 3.90. The molecule has 1 rings (SSSR count). The van der Waals surface area contributed by atoms with Crippen LogP contribution in [0.1, 0.15) is 49.9 Å². The molecule has 0 saturated carbocycles. The Morgan fingerprint density at radius 2 is 1.60 bits per heavy atom. The lowest BCUT2D eigenvalue weighted by atomic mass is 9.87. The summed E-state index contributed by atoms with van der Waals surface area (Å²) >= 11 is 3.58. The first-order chi connectivity index (χ1) is 9.40. The third-order valence-electron chi connectivity index (χ3n) is 3.19. The lowest BCUT2D eigenvalue weighted by Crippen LogP contribution is -2.08. The van der Waals surface area contributed by atoms with Crippen molar-refractivity contribution < 1.29 is 0 Å². The molecule has 0 bridgehead atoms. The highest BCUT2D eigenvalue weighted by molar-refractivity contribution is 9.10. The van der Waals surface area contributed by atoms with Gasteiger partial charge in [-0.2, -0.15) is 10.5 Å². The van der Waals surface area contributed by atoms with Gasteiger partial charge in [-0.15, -0.1) is 0 Å². The second kappa shape index (κ2) is 7.46. The number of hydrogen-bond donors (Lipinski definition) is 0. The molecule has 0 N–H and O–H groups in total.